The fraction of sp³-hybridized carbons (Fsp3) is 0.0263. The molecule has 0 atom stereocenters. The van der Waals surface area contributed by atoms with Crippen LogP contribution in [0.25, 0.3) is 44.3 Å². The Morgan fingerprint density at radius 3 is 2.11 bits per heavy atom. The largest absolute Gasteiger partial charge is 0.383 e. The lowest BCUT2D eigenvalue weighted by Crippen LogP contribution is -2.18. The van der Waals surface area contributed by atoms with Crippen LogP contribution in [0, 0.1) is 0 Å². The molecular weight excluding hydrogens is 540 g/mol. The zero-order valence-corrected chi connectivity index (χ0v) is 24.2. The summed E-state index contributed by atoms with van der Waals surface area (Å²) in [5.41, 5.74) is 17.7. The molecule has 0 radical (unpaired) electrons. The van der Waals surface area contributed by atoms with Crippen molar-refractivity contribution < 1.29 is 0 Å². The average Bonchev–Trinajstić information content (AvgIpc) is 3.43. The van der Waals surface area contributed by atoms with E-state index in [0.29, 0.717) is 11.7 Å². The first kappa shape index (κ1) is 26.9. The molecule has 6 heteroatoms. The van der Waals surface area contributed by atoms with E-state index < -0.39 is 0 Å². The van der Waals surface area contributed by atoms with Gasteiger partial charge in [-0.05, 0) is 40.6 Å². The molecule has 0 spiro atoms. The molecule has 44 heavy (non-hydrogen) atoms. The lowest BCUT2D eigenvalue weighted by molar-refractivity contribution is 0.959. The zero-order valence-electron chi connectivity index (χ0n) is 24.2. The summed E-state index contributed by atoms with van der Waals surface area (Å²) in [6.07, 6.45) is 0. The number of para-hydroxylation sites is 3. The minimum absolute atomic E-state index is 0.377. The van der Waals surface area contributed by atoms with Crippen LogP contribution < -0.4 is 11.2 Å². The maximum absolute atomic E-state index is 6.84. The number of aryl methyl sites for hydroxylation is 1. The summed E-state index contributed by atoms with van der Waals surface area (Å²) in [7, 11) is 2.05. The first-order chi connectivity index (χ1) is 21.7. The molecule has 6 nitrogen and oxygen atoms in total. The Morgan fingerprint density at radius 1 is 0.682 bits per heavy atom. The third-order valence-electron chi connectivity index (χ3n) is 7.75. The third kappa shape index (κ3) is 5.21. The number of aromatic nitrogens is 2. The van der Waals surface area contributed by atoms with Crippen LogP contribution in [0.3, 0.4) is 0 Å². The highest BCUT2D eigenvalue weighted by atomic mass is 15.3. The number of hydrogen-bond donors (Lipinski definition) is 2. The Balaban J connectivity index is 1.33. The molecule has 0 saturated heterocycles. The second-order valence-corrected chi connectivity index (χ2v) is 10.5. The van der Waals surface area contributed by atoms with Crippen molar-refractivity contribution in [1.29, 1.82) is 0 Å². The van der Waals surface area contributed by atoms with E-state index in [-0.39, 0.29) is 0 Å². The number of nitrogens with zero attached hydrogens (tertiary/aromatic N) is 4. The van der Waals surface area contributed by atoms with Crippen molar-refractivity contribution >= 4 is 39.2 Å². The number of amidine groups is 2. The van der Waals surface area contributed by atoms with Gasteiger partial charge in [-0.25, -0.2) is 9.98 Å². The fourth-order valence-electron chi connectivity index (χ4n) is 5.53. The van der Waals surface area contributed by atoms with Gasteiger partial charge in [0.1, 0.15) is 11.7 Å². The summed E-state index contributed by atoms with van der Waals surface area (Å²) >= 11 is 0. The Kier molecular flexibility index (Phi) is 7.14. The lowest BCUT2D eigenvalue weighted by atomic mass is 9.92. The quantitative estimate of drug-likeness (QED) is 0.120. The van der Waals surface area contributed by atoms with Gasteiger partial charge in [0, 0.05) is 29.3 Å². The van der Waals surface area contributed by atoms with Crippen molar-refractivity contribution in [3.63, 3.8) is 0 Å². The number of hydrazone groups is 1. The smallest absolute Gasteiger partial charge is 0.181 e. The first-order valence-electron chi connectivity index (χ1n) is 14.5. The average molecular weight is 571 g/mol. The summed E-state index contributed by atoms with van der Waals surface area (Å²) in [5, 5.41) is 6.88. The second kappa shape index (κ2) is 11.7. The number of hydrogen-bond acceptors (Lipinski definition) is 3. The van der Waals surface area contributed by atoms with Gasteiger partial charge in [-0.2, -0.15) is 5.10 Å². The van der Waals surface area contributed by atoms with Crippen molar-refractivity contribution in [2.45, 2.75) is 0 Å². The van der Waals surface area contributed by atoms with E-state index in [4.69, 9.17) is 15.7 Å². The molecule has 212 valence electrons. The zero-order chi connectivity index (χ0) is 29.9. The van der Waals surface area contributed by atoms with Crippen molar-refractivity contribution in [3.8, 4) is 22.5 Å². The number of nitrogens with one attached hydrogen (secondary N) is 1. The molecule has 0 unspecified atom stereocenters. The van der Waals surface area contributed by atoms with Crippen molar-refractivity contribution in [2.75, 3.05) is 5.43 Å². The minimum Gasteiger partial charge on any atom is -0.383 e. The Labute approximate surface area is 255 Å². The highest BCUT2D eigenvalue weighted by Crippen LogP contribution is 2.34. The highest BCUT2D eigenvalue weighted by Gasteiger charge is 2.16. The molecule has 0 aliphatic rings. The minimum atomic E-state index is 0.377. The van der Waals surface area contributed by atoms with Gasteiger partial charge in [0.15, 0.2) is 5.84 Å². The standard InChI is InChI=1S/C38H30N6/c1-44-34-19-11-10-18-33(34)40-38(44)29-22-20-27(21-23-29)35-31-17-9-8-12-26(31)24-25-32(35)36(39)41-37(28-13-4-2-5-14-28)43-42-30-15-6-3-7-16-30/h2-25,42H,1H3,(H2,39,41,43). The SMILES string of the molecule is Cn1c(-c2ccc(-c3c(/C(N)=N/C(=N\Nc4ccccc4)c4ccccc4)ccc4ccccc34)cc2)nc2ccccc21. The van der Waals surface area contributed by atoms with Gasteiger partial charge in [0.25, 0.3) is 0 Å². The molecule has 0 aliphatic heterocycles. The summed E-state index contributed by atoms with van der Waals surface area (Å²) in [6.45, 7) is 0. The van der Waals surface area contributed by atoms with Crippen LogP contribution in [-0.2, 0) is 7.05 Å². The van der Waals surface area contributed by atoms with Gasteiger partial charge in [-0.3, -0.25) is 5.43 Å². The monoisotopic (exact) mass is 570 g/mol. The molecule has 0 fully saturated rings. The second-order valence-electron chi connectivity index (χ2n) is 10.5. The van der Waals surface area contributed by atoms with E-state index in [2.05, 4.69) is 76.7 Å². The molecular formula is C38H30N6. The van der Waals surface area contributed by atoms with Crippen LogP contribution in [-0.4, -0.2) is 21.2 Å². The van der Waals surface area contributed by atoms with E-state index in [1.54, 1.807) is 0 Å². The van der Waals surface area contributed by atoms with E-state index in [1.807, 2.05) is 91.0 Å². The maximum atomic E-state index is 6.84. The van der Waals surface area contributed by atoms with Gasteiger partial charge in [-0.15, -0.1) is 0 Å². The number of benzene rings is 6. The summed E-state index contributed by atoms with van der Waals surface area (Å²) in [6, 6.07) is 48.8. The number of nitrogens with two attached hydrogens (primary N) is 1. The van der Waals surface area contributed by atoms with Crippen molar-refractivity contribution in [3.05, 3.63) is 157 Å². The fourth-order valence-corrected chi connectivity index (χ4v) is 5.53. The lowest BCUT2D eigenvalue weighted by Gasteiger charge is -2.15. The van der Waals surface area contributed by atoms with Crippen LogP contribution in [0.5, 0.6) is 0 Å². The van der Waals surface area contributed by atoms with Gasteiger partial charge in [0.2, 0.25) is 0 Å². The molecule has 0 amide bonds. The van der Waals surface area contributed by atoms with Crippen LogP contribution in [0.15, 0.2) is 156 Å². The predicted molar refractivity (Wildman–Crippen MR) is 183 cm³/mol. The summed E-state index contributed by atoms with van der Waals surface area (Å²) in [5.74, 6) is 1.79. The molecule has 0 aliphatic carbocycles. The van der Waals surface area contributed by atoms with Crippen LogP contribution in [0.1, 0.15) is 11.1 Å². The van der Waals surface area contributed by atoms with Gasteiger partial charge in [0.05, 0.1) is 16.7 Å². The summed E-state index contributed by atoms with van der Waals surface area (Å²) in [4.78, 5) is 9.78. The number of aliphatic imine (C=N–C) groups is 1. The predicted octanol–water partition coefficient (Wildman–Crippen LogP) is 8.24. The van der Waals surface area contributed by atoms with Crippen molar-refractivity contribution in [1.82, 2.24) is 9.55 Å². The van der Waals surface area contributed by atoms with E-state index in [9.17, 15) is 0 Å². The molecule has 7 aromatic rings. The maximum Gasteiger partial charge on any atom is 0.181 e. The molecule has 7 rings (SSSR count). The van der Waals surface area contributed by atoms with Gasteiger partial charge >= 0.3 is 0 Å². The Hall–Kier alpha value is -6.01. The first-order valence-corrected chi connectivity index (χ1v) is 14.5. The van der Waals surface area contributed by atoms with E-state index in [0.717, 1.165) is 61.1 Å². The third-order valence-corrected chi connectivity index (χ3v) is 7.75. The van der Waals surface area contributed by atoms with E-state index >= 15 is 0 Å². The van der Waals surface area contributed by atoms with Crippen molar-refractivity contribution in [2.24, 2.45) is 22.9 Å². The van der Waals surface area contributed by atoms with Crippen LogP contribution in [0.2, 0.25) is 0 Å². The summed E-state index contributed by atoms with van der Waals surface area (Å²) < 4.78 is 2.13. The van der Waals surface area contributed by atoms with Gasteiger partial charge < -0.3 is 10.3 Å². The number of anilines is 1. The molecule has 0 saturated carbocycles. The van der Waals surface area contributed by atoms with E-state index in [1.165, 1.54) is 0 Å². The molecule has 3 N–H and O–H groups in total. The Morgan fingerprint density at radius 2 is 1.34 bits per heavy atom. The molecule has 0 bridgehead atoms. The number of imidazole rings is 1. The highest BCUT2D eigenvalue weighted by molar-refractivity contribution is 6.16. The normalized spacial score (nSPS) is 12.1. The number of rotatable bonds is 6. The topological polar surface area (TPSA) is 80.6 Å². The Bertz CT molecular complexity index is 2140. The van der Waals surface area contributed by atoms with Crippen LogP contribution >= 0.6 is 0 Å². The van der Waals surface area contributed by atoms with Gasteiger partial charge in [-0.1, -0.05) is 121 Å². The number of fused-ring (bicyclic) bond motifs is 2. The van der Waals surface area contributed by atoms with Crippen LogP contribution in [0.4, 0.5) is 5.69 Å². The molecule has 1 aromatic heterocycles. The molecule has 6 aromatic carbocycles. The molecule has 1 heterocycles.